The van der Waals surface area contributed by atoms with E-state index < -0.39 is 4.92 Å². The third-order valence-corrected chi connectivity index (χ3v) is 2.99. The van der Waals surface area contributed by atoms with Gasteiger partial charge in [0.1, 0.15) is 11.5 Å². The zero-order valence-electron chi connectivity index (χ0n) is 12.3. The summed E-state index contributed by atoms with van der Waals surface area (Å²) in [5, 5.41) is 27.9. The van der Waals surface area contributed by atoms with Gasteiger partial charge >= 0.3 is 5.69 Å². The van der Waals surface area contributed by atoms with E-state index in [1.54, 1.807) is 18.2 Å². The summed E-state index contributed by atoms with van der Waals surface area (Å²) in [6.45, 7) is 0. The summed E-state index contributed by atoms with van der Waals surface area (Å²) in [6.07, 6.45) is 1.41. The summed E-state index contributed by atoms with van der Waals surface area (Å²) in [5.41, 5.74) is 2.96. The quantitative estimate of drug-likeness (QED) is 0.396. The van der Waals surface area contributed by atoms with Crippen molar-refractivity contribution in [2.75, 3.05) is 12.5 Å². The van der Waals surface area contributed by atoms with Crippen LogP contribution in [0.3, 0.4) is 0 Å². The topological polar surface area (TPSA) is 144 Å². The molecule has 0 bridgehead atoms. The number of anilines is 1. The molecule has 0 saturated heterocycles. The standard InChI is InChI=1S/C13H11N7O4/c1-23-12-4-2-8(6-10(12)20(21)22)11-5-3-9(24-11)7-14-15-13-16-18-19-17-13/h2-7H,1H3,(H2,15,16,17,18,19)/b14-7-. The molecule has 0 saturated carbocycles. The van der Waals surface area contributed by atoms with Gasteiger partial charge in [-0.25, -0.2) is 5.43 Å². The molecule has 3 aromatic rings. The second-order valence-electron chi connectivity index (χ2n) is 4.45. The Morgan fingerprint density at radius 3 is 3.00 bits per heavy atom. The summed E-state index contributed by atoms with van der Waals surface area (Å²) in [6, 6.07) is 7.93. The number of rotatable bonds is 6. The number of benzene rings is 1. The van der Waals surface area contributed by atoms with Gasteiger partial charge < -0.3 is 9.15 Å². The van der Waals surface area contributed by atoms with Gasteiger partial charge in [0.25, 0.3) is 5.95 Å². The lowest BCUT2D eigenvalue weighted by Crippen LogP contribution is -1.93. The van der Waals surface area contributed by atoms with E-state index in [1.807, 2.05) is 0 Å². The van der Waals surface area contributed by atoms with Crippen molar-refractivity contribution >= 4 is 17.9 Å². The number of nitro benzene ring substituents is 1. The Balaban J connectivity index is 1.79. The first-order valence-electron chi connectivity index (χ1n) is 6.62. The molecular weight excluding hydrogens is 318 g/mol. The number of nitrogens with one attached hydrogen (secondary N) is 2. The Hall–Kier alpha value is -3.76. The van der Waals surface area contributed by atoms with Crippen LogP contribution in [0.2, 0.25) is 0 Å². The minimum Gasteiger partial charge on any atom is -0.490 e. The number of methoxy groups -OCH3 is 1. The fraction of sp³-hybridized carbons (Fsp3) is 0.0769. The molecule has 2 heterocycles. The molecule has 0 amide bonds. The maximum Gasteiger partial charge on any atom is 0.311 e. The van der Waals surface area contributed by atoms with Crippen molar-refractivity contribution < 1.29 is 14.1 Å². The Morgan fingerprint density at radius 1 is 1.42 bits per heavy atom. The molecule has 11 heteroatoms. The number of aromatic nitrogens is 4. The van der Waals surface area contributed by atoms with E-state index in [4.69, 9.17) is 9.15 Å². The van der Waals surface area contributed by atoms with Crippen LogP contribution in [0, 0.1) is 10.1 Å². The Kier molecular flexibility index (Phi) is 4.14. The molecule has 0 aliphatic heterocycles. The van der Waals surface area contributed by atoms with Gasteiger partial charge in [-0.15, -0.1) is 5.10 Å². The molecule has 0 aliphatic rings. The van der Waals surface area contributed by atoms with Crippen molar-refractivity contribution in [3.05, 3.63) is 46.2 Å². The maximum atomic E-state index is 11.1. The molecule has 24 heavy (non-hydrogen) atoms. The molecule has 0 aliphatic carbocycles. The molecule has 0 spiro atoms. The number of furan rings is 1. The van der Waals surface area contributed by atoms with Gasteiger partial charge in [0.15, 0.2) is 5.75 Å². The van der Waals surface area contributed by atoms with Gasteiger partial charge in [0.05, 0.1) is 18.2 Å². The Morgan fingerprint density at radius 2 is 2.29 bits per heavy atom. The monoisotopic (exact) mass is 329 g/mol. The van der Waals surface area contributed by atoms with Crippen molar-refractivity contribution in [1.29, 1.82) is 0 Å². The van der Waals surface area contributed by atoms with Crippen LogP contribution < -0.4 is 10.2 Å². The van der Waals surface area contributed by atoms with E-state index in [0.29, 0.717) is 17.1 Å². The van der Waals surface area contributed by atoms with E-state index in [9.17, 15) is 10.1 Å². The molecule has 0 atom stereocenters. The number of hydrogen-bond donors (Lipinski definition) is 2. The predicted molar refractivity (Wildman–Crippen MR) is 82.7 cm³/mol. The highest BCUT2D eigenvalue weighted by Crippen LogP contribution is 2.32. The lowest BCUT2D eigenvalue weighted by molar-refractivity contribution is -0.385. The second-order valence-corrected chi connectivity index (χ2v) is 4.45. The van der Waals surface area contributed by atoms with Crippen molar-refractivity contribution in [1.82, 2.24) is 20.6 Å². The fourth-order valence-corrected chi connectivity index (χ4v) is 1.93. The van der Waals surface area contributed by atoms with Crippen LogP contribution in [-0.2, 0) is 0 Å². The van der Waals surface area contributed by atoms with Gasteiger partial charge in [-0.1, -0.05) is 5.10 Å². The van der Waals surface area contributed by atoms with Gasteiger partial charge in [-0.3, -0.25) is 10.1 Å². The van der Waals surface area contributed by atoms with E-state index in [1.165, 1.54) is 25.5 Å². The molecule has 0 fully saturated rings. The normalized spacial score (nSPS) is 10.9. The first-order valence-corrected chi connectivity index (χ1v) is 6.62. The molecule has 0 unspecified atom stereocenters. The maximum absolute atomic E-state index is 11.1. The van der Waals surface area contributed by atoms with Gasteiger partial charge in [0.2, 0.25) is 0 Å². The van der Waals surface area contributed by atoms with Crippen LogP contribution >= 0.6 is 0 Å². The second kappa shape index (κ2) is 6.56. The molecule has 0 radical (unpaired) electrons. The third-order valence-electron chi connectivity index (χ3n) is 2.99. The van der Waals surface area contributed by atoms with E-state index in [-0.39, 0.29) is 17.4 Å². The number of tetrazole rings is 1. The average molecular weight is 329 g/mol. The predicted octanol–water partition coefficient (Wildman–Crippen LogP) is 1.82. The molecular formula is C13H11N7O4. The first kappa shape index (κ1) is 15.1. The van der Waals surface area contributed by atoms with Crippen LogP contribution in [0.1, 0.15) is 5.76 Å². The van der Waals surface area contributed by atoms with Gasteiger partial charge in [-0.05, 0) is 29.5 Å². The van der Waals surface area contributed by atoms with E-state index >= 15 is 0 Å². The zero-order chi connectivity index (χ0) is 16.9. The molecule has 11 nitrogen and oxygen atoms in total. The highest BCUT2D eigenvalue weighted by molar-refractivity contribution is 5.78. The summed E-state index contributed by atoms with van der Waals surface area (Å²) in [5.74, 6) is 1.30. The van der Waals surface area contributed by atoms with E-state index in [2.05, 4.69) is 31.2 Å². The van der Waals surface area contributed by atoms with Crippen LogP contribution in [-0.4, -0.2) is 38.9 Å². The van der Waals surface area contributed by atoms with E-state index in [0.717, 1.165) is 0 Å². The van der Waals surface area contributed by atoms with Gasteiger partial charge in [0, 0.05) is 11.6 Å². The number of hydrogen-bond acceptors (Lipinski definition) is 9. The zero-order valence-corrected chi connectivity index (χ0v) is 12.3. The molecule has 2 aromatic heterocycles. The Labute approximate surface area is 134 Å². The highest BCUT2D eigenvalue weighted by Gasteiger charge is 2.17. The van der Waals surface area contributed by atoms with Crippen LogP contribution in [0.25, 0.3) is 11.3 Å². The summed E-state index contributed by atoms with van der Waals surface area (Å²) >= 11 is 0. The Bertz CT molecular complexity index is 872. The van der Waals surface area contributed by atoms with Gasteiger partial charge in [-0.2, -0.15) is 10.3 Å². The number of nitrogens with zero attached hydrogens (tertiary/aromatic N) is 5. The highest BCUT2D eigenvalue weighted by atomic mass is 16.6. The lowest BCUT2D eigenvalue weighted by atomic mass is 10.1. The average Bonchev–Trinajstić information content (AvgIpc) is 3.26. The summed E-state index contributed by atoms with van der Waals surface area (Å²) in [4.78, 5) is 10.6. The lowest BCUT2D eigenvalue weighted by Gasteiger charge is -2.03. The van der Waals surface area contributed by atoms with Crippen LogP contribution in [0.5, 0.6) is 5.75 Å². The van der Waals surface area contributed by atoms with Crippen molar-refractivity contribution in [3.63, 3.8) is 0 Å². The summed E-state index contributed by atoms with van der Waals surface area (Å²) < 4.78 is 10.6. The number of H-pyrrole nitrogens is 1. The largest absolute Gasteiger partial charge is 0.490 e. The molecule has 3 rings (SSSR count). The molecule has 1 aromatic carbocycles. The minimum absolute atomic E-state index is 0.139. The number of hydrazone groups is 1. The van der Waals surface area contributed by atoms with Crippen molar-refractivity contribution in [2.24, 2.45) is 5.10 Å². The van der Waals surface area contributed by atoms with Crippen LogP contribution in [0.4, 0.5) is 11.6 Å². The number of ether oxygens (including phenoxy) is 1. The van der Waals surface area contributed by atoms with Crippen molar-refractivity contribution in [3.8, 4) is 17.1 Å². The van der Waals surface area contributed by atoms with Crippen LogP contribution in [0.15, 0.2) is 39.9 Å². The van der Waals surface area contributed by atoms with Crippen molar-refractivity contribution in [2.45, 2.75) is 0 Å². The third kappa shape index (κ3) is 3.19. The summed E-state index contributed by atoms with van der Waals surface area (Å²) in [7, 11) is 1.38. The fourth-order valence-electron chi connectivity index (χ4n) is 1.93. The SMILES string of the molecule is COc1ccc(-c2ccc(/C=N\Nc3nn[nH]n3)o2)cc1[N+](=O)[O-]. The smallest absolute Gasteiger partial charge is 0.311 e. The molecule has 122 valence electrons. The number of aromatic amines is 1. The number of nitro groups is 1. The first-order chi connectivity index (χ1) is 11.7. The molecule has 2 N–H and O–H groups in total. The minimum atomic E-state index is -0.511.